The average Bonchev–Trinajstić information content (AvgIpc) is 2.45. The van der Waals surface area contributed by atoms with E-state index in [1.54, 1.807) is 12.1 Å². The molecule has 2 aromatic rings. The van der Waals surface area contributed by atoms with E-state index in [9.17, 15) is 8.78 Å². The van der Waals surface area contributed by atoms with Crippen LogP contribution in [0.2, 0.25) is 0 Å². The second kappa shape index (κ2) is 6.21. The van der Waals surface area contributed by atoms with Gasteiger partial charge in [0.25, 0.3) is 6.08 Å². The fourth-order valence-electron chi connectivity index (χ4n) is 2.30. The molecule has 0 amide bonds. The zero-order chi connectivity index (χ0) is 15.5. The Morgan fingerprint density at radius 2 is 1.33 bits per heavy atom. The Morgan fingerprint density at radius 3 is 1.81 bits per heavy atom. The van der Waals surface area contributed by atoms with Gasteiger partial charge in [-0.15, -0.1) is 0 Å². The molecule has 0 heterocycles. The smallest absolute Gasteiger partial charge is 0.173 e. The van der Waals surface area contributed by atoms with Gasteiger partial charge in [-0.25, -0.2) is 0 Å². The first-order valence-electron chi connectivity index (χ1n) is 7.07. The molecule has 0 aliphatic carbocycles. The van der Waals surface area contributed by atoms with E-state index >= 15 is 0 Å². The lowest BCUT2D eigenvalue weighted by Crippen LogP contribution is -2.06. The summed E-state index contributed by atoms with van der Waals surface area (Å²) >= 11 is 0. The van der Waals surface area contributed by atoms with Crippen LogP contribution in [0.15, 0.2) is 60.7 Å². The summed E-state index contributed by atoms with van der Waals surface area (Å²) in [5.74, 6) is 0. The van der Waals surface area contributed by atoms with Gasteiger partial charge in [-0.2, -0.15) is 8.78 Å². The molecule has 0 radical (unpaired) electrons. The average molecular weight is 286 g/mol. The standard InChI is InChI=1S/C19H20F2/c1-19(2,3)13-17(18(20)21)16-11-9-15(10-12-16)14-7-5-4-6-8-14/h4-12H,13H2,1-3H3. The molecular formula is C19H20F2. The van der Waals surface area contributed by atoms with Crippen molar-refractivity contribution in [1.29, 1.82) is 0 Å². The predicted octanol–water partition coefficient (Wildman–Crippen LogP) is 6.40. The molecule has 21 heavy (non-hydrogen) atoms. The van der Waals surface area contributed by atoms with Gasteiger partial charge in [0.1, 0.15) is 0 Å². The zero-order valence-electron chi connectivity index (χ0n) is 12.7. The Labute approximate surface area is 125 Å². The summed E-state index contributed by atoms with van der Waals surface area (Å²) in [6, 6.07) is 17.3. The highest BCUT2D eigenvalue weighted by Gasteiger charge is 2.18. The third kappa shape index (κ3) is 4.25. The van der Waals surface area contributed by atoms with Crippen molar-refractivity contribution in [2.24, 2.45) is 5.41 Å². The molecule has 0 bridgehead atoms. The zero-order valence-corrected chi connectivity index (χ0v) is 12.7. The number of hydrogen-bond acceptors (Lipinski definition) is 0. The maximum absolute atomic E-state index is 13.2. The van der Waals surface area contributed by atoms with E-state index in [0.717, 1.165) is 11.1 Å². The van der Waals surface area contributed by atoms with E-state index in [1.165, 1.54) is 0 Å². The van der Waals surface area contributed by atoms with E-state index in [-0.39, 0.29) is 11.0 Å². The molecule has 0 aromatic heterocycles. The molecular weight excluding hydrogens is 266 g/mol. The van der Waals surface area contributed by atoms with E-state index in [2.05, 4.69) is 0 Å². The molecule has 0 atom stereocenters. The summed E-state index contributed by atoms with van der Waals surface area (Å²) < 4.78 is 26.4. The lowest BCUT2D eigenvalue weighted by atomic mass is 9.85. The highest BCUT2D eigenvalue weighted by atomic mass is 19.3. The van der Waals surface area contributed by atoms with E-state index in [0.29, 0.717) is 12.0 Å². The molecule has 0 nitrogen and oxygen atoms in total. The Balaban J connectivity index is 2.31. The maximum Gasteiger partial charge on any atom is 0.274 e. The van der Waals surface area contributed by atoms with E-state index in [1.807, 2.05) is 63.2 Å². The van der Waals surface area contributed by atoms with Crippen LogP contribution >= 0.6 is 0 Å². The normalized spacial score (nSPS) is 11.3. The molecule has 0 aliphatic heterocycles. The molecule has 0 N–H and O–H groups in total. The van der Waals surface area contributed by atoms with Gasteiger partial charge in [-0.3, -0.25) is 0 Å². The molecule has 0 spiro atoms. The van der Waals surface area contributed by atoms with Crippen LogP contribution in [0, 0.1) is 5.41 Å². The van der Waals surface area contributed by atoms with Gasteiger partial charge in [0, 0.05) is 5.57 Å². The van der Waals surface area contributed by atoms with Crippen LogP contribution in [-0.2, 0) is 0 Å². The topological polar surface area (TPSA) is 0 Å². The van der Waals surface area contributed by atoms with Crippen molar-refractivity contribution in [1.82, 2.24) is 0 Å². The summed E-state index contributed by atoms with van der Waals surface area (Å²) in [4.78, 5) is 0. The summed E-state index contributed by atoms with van der Waals surface area (Å²) in [5, 5.41) is 0. The second-order valence-corrected chi connectivity index (χ2v) is 6.42. The largest absolute Gasteiger partial charge is 0.274 e. The molecule has 0 saturated carbocycles. The number of rotatable bonds is 3. The molecule has 2 rings (SSSR count). The third-order valence-corrected chi connectivity index (χ3v) is 3.28. The highest BCUT2D eigenvalue weighted by molar-refractivity contribution is 5.71. The minimum atomic E-state index is -1.59. The third-order valence-electron chi connectivity index (χ3n) is 3.28. The van der Waals surface area contributed by atoms with Crippen LogP contribution in [0.25, 0.3) is 16.7 Å². The Kier molecular flexibility index (Phi) is 4.56. The fraction of sp³-hybridized carbons (Fsp3) is 0.263. The molecule has 2 aromatic carbocycles. The summed E-state index contributed by atoms with van der Waals surface area (Å²) in [5.41, 5.74) is 2.70. The first-order chi connectivity index (χ1) is 9.87. The first kappa shape index (κ1) is 15.4. The Morgan fingerprint density at radius 1 is 0.810 bits per heavy atom. The molecule has 110 valence electrons. The van der Waals surface area contributed by atoms with Crippen LogP contribution in [0.3, 0.4) is 0 Å². The van der Waals surface area contributed by atoms with Gasteiger partial charge in [0.15, 0.2) is 0 Å². The Bertz CT molecular complexity index is 613. The van der Waals surface area contributed by atoms with Crippen molar-refractivity contribution in [3.05, 3.63) is 66.2 Å². The number of allylic oxidation sites excluding steroid dienone is 1. The van der Waals surface area contributed by atoms with Crippen molar-refractivity contribution in [3.8, 4) is 11.1 Å². The predicted molar refractivity (Wildman–Crippen MR) is 85.1 cm³/mol. The van der Waals surface area contributed by atoms with Gasteiger partial charge in [0.2, 0.25) is 0 Å². The van der Waals surface area contributed by atoms with Crippen molar-refractivity contribution < 1.29 is 8.78 Å². The number of benzene rings is 2. The first-order valence-corrected chi connectivity index (χ1v) is 7.07. The van der Waals surface area contributed by atoms with Crippen molar-refractivity contribution in [2.45, 2.75) is 27.2 Å². The van der Waals surface area contributed by atoms with Crippen molar-refractivity contribution in [2.75, 3.05) is 0 Å². The fourth-order valence-corrected chi connectivity index (χ4v) is 2.30. The summed E-state index contributed by atoms with van der Waals surface area (Å²) in [6.45, 7) is 5.90. The monoisotopic (exact) mass is 286 g/mol. The van der Waals surface area contributed by atoms with Crippen LogP contribution in [-0.4, -0.2) is 0 Å². The van der Waals surface area contributed by atoms with Crippen LogP contribution in [0.4, 0.5) is 8.78 Å². The molecule has 0 saturated heterocycles. The van der Waals surface area contributed by atoms with Crippen LogP contribution in [0.1, 0.15) is 32.8 Å². The van der Waals surface area contributed by atoms with Gasteiger partial charge in [-0.05, 0) is 28.5 Å². The highest BCUT2D eigenvalue weighted by Crippen LogP contribution is 2.34. The van der Waals surface area contributed by atoms with Gasteiger partial charge < -0.3 is 0 Å². The Hall–Kier alpha value is -1.96. The minimum Gasteiger partial charge on any atom is -0.173 e. The van der Waals surface area contributed by atoms with Gasteiger partial charge in [-0.1, -0.05) is 75.4 Å². The lowest BCUT2D eigenvalue weighted by Gasteiger charge is -2.20. The van der Waals surface area contributed by atoms with Crippen molar-refractivity contribution in [3.63, 3.8) is 0 Å². The SMILES string of the molecule is CC(C)(C)CC(=C(F)F)c1ccc(-c2ccccc2)cc1. The van der Waals surface area contributed by atoms with Crippen LogP contribution < -0.4 is 0 Å². The molecule has 0 unspecified atom stereocenters. The van der Waals surface area contributed by atoms with Gasteiger partial charge in [0.05, 0.1) is 0 Å². The van der Waals surface area contributed by atoms with Crippen LogP contribution in [0.5, 0.6) is 0 Å². The molecule has 0 aliphatic rings. The lowest BCUT2D eigenvalue weighted by molar-refractivity contribution is 0.393. The molecule has 0 fully saturated rings. The number of halogens is 2. The van der Waals surface area contributed by atoms with E-state index < -0.39 is 6.08 Å². The van der Waals surface area contributed by atoms with Gasteiger partial charge >= 0.3 is 0 Å². The maximum atomic E-state index is 13.2. The van der Waals surface area contributed by atoms with E-state index in [4.69, 9.17) is 0 Å². The second-order valence-electron chi connectivity index (χ2n) is 6.42. The quantitative estimate of drug-likeness (QED) is 0.612. The number of hydrogen-bond donors (Lipinski definition) is 0. The minimum absolute atomic E-state index is 0.141. The molecule has 2 heteroatoms. The summed E-state index contributed by atoms with van der Waals surface area (Å²) in [7, 11) is 0. The van der Waals surface area contributed by atoms with Crippen molar-refractivity contribution >= 4 is 5.57 Å². The summed E-state index contributed by atoms with van der Waals surface area (Å²) in [6.07, 6.45) is -1.22.